The summed E-state index contributed by atoms with van der Waals surface area (Å²) < 4.78 is 1.67. The van der Waals surface area contributed by atoms with E-state index in [1.165, 1.54) is 5.56 Å². The minimum atomic E-state index is -1.22. The number of imidazole rings is 1. The summed E-state index contributed by atoms with van der Waals surface area (Å²) in [5, 5.41) is 13.6. The van der Waals surface area contributed by atoms with Crippen molar-refractivity contribution in [1.29, 1.82) is 0 Å². The van der Waals surface area contributed by atoms with Crippen LogP contribution in [0, 0.1) is 0 Å². The normalized spacial score (nSPS) is 10.4. The lowest BCUT2D eigenvalue weighted by molar-refractivity contribution is 0.0698. The maximum atomic E-state index is 10.4. The number of carboxylic acids is 1. The number of carboxylic acid groups (broad SMARTS) is 1. The van der Waals surface area contributed by atoms with Gasteiger partial charge < -0.3 is 16.6 Å². The molecular weight excluding hydrogens is 394 g/mol. The molecular formula is C19H18ClN7O2. The lowest BCUT2D eigenvalue weighted by Crippen LogP contribution is -2.09. The molecule has 5 N–H and O–H groups in total. The number of halogens is 1. The number of carbonyl (C=O) groups is 1. The minimum absolute atomic E-state index is 0.120. The number of benzene rings is 1. The van der Waals surface area contributed by atoms with Crippen molar-refractivity contribution in [1.82, 2.24) is 24.6 Å². The maximum absolute atomic E-state index is 10.4. The molecule has 1 aromatic carbocycles. The van der Waals surface area contributed by atoms with E-state index in [0.717, 1.165) is 29.7 Å². The second-order valence-electron chi connectivity index (χ2n) is 5.91. The zero-order chi connectivity index (χ0) is 21.0. The van der Waals surface area contributed by atoms with Gasteiger partial charge in [0.05, 0.1) is 11.9 Å². The van der Waals surface area contributed by atoms with Gasteiger partial charge in [-0.05, 0) is 18.1 Å². The number of rotatable bonds is 3. The smallest absolute Gasteiger partial charge is 0.343 e. The first-order valence-electron chi connectivity index (χ1n) is 8.60. The molecule has 0 spiro atoms. The zero-order valence-electron chi connectivity index (χ0n) is 15.5. The Hall–Kier alpha value is -3.72. The van der Waals surface area contributed by atoms with Crippen LogP contribution in [0.4, 0.5) is 11.6 Å². The number of hydrogen-bond donors (Lipinski definition) is 3. The summed E-state index contributed by atoms with van der Waals surface area (Å²) in [6.45, 7) is 2.12. The summed E-state index contributed by atoms with van der Waals surface area (Å²) in [5.74, 6) is -1.46. The number of anilines is 2. The lowest BCUT2D eigenvalue weighted by atomic mass is 10.1. The highest BCUT2D eigenvalue weighted by atomic mass is 35.5. The van der Waals surface area contributed by atoms with Gasteiger partial charge in [0.25, 0.3) is 0 Å². The minimum Gasteiger partial charge on any atom is -0.477 e. The Bertz CT molecular complexity index is 1140. The van der Waals surface area contributed by atoms with E-state index in [1.54, 1.807) is 10.7 Å². The molecule has 0 unspecified atom stereocenters. The van der Waals surface area contributed by atoms with E-state index in [1.807, 2.05) is 24.3 Å². The molecule has 9 nitrogen and oxygen atoms in total. The number of fused-ring (bicyclic) bond motifs is 1. The van der Waals surface area contributed by atoms with Crippen LogP contribution in [0.2, 0.25) is 5.15 Å². The van der Waals surface area contributed by atoms with Crippen molar-refractivity contribution in [3.05, 3.63) is 65.2 Å². The number of nitrogen functional groups attached to an aromatic ring is 2. The molecule has 4 rings (SSSR count). The quantitative estimate of drug-likeness (QED) is 0.466. The molecule has 3 aromatic heterocycles. The molecule has 10 heteroatoms. The van der Waals surface area contributed by atoms with Crippen molar-refractivity contribution in [2.24, 2.45) is 0 Å². The molecule has 0 fully saturated rings. The number of aromatic carboxylic acids is 1. The van der Waals surface area contributed by atoms with Gasteiger partial charge in [-0.25, -0.2) is 24.3 Å². The Morgan fingerprint density at radius 1 is 1.14 bits per heavy atom. The van der Waals surface area contributed by atoms with Gasteiger partial charge in [0.2, 0.25) is 0 Å². The monoisotopic (exact) mass is 411 g/mol. The molecule has 0 bridgehead atoms. The Morgan fingerprint density at radius 3 is 2.34 bits per heavy atom. The molecule has 0 amide bonds. The van der Waals surface area contributed by atoms with Crippen molar-refractivity contribution in [3.8, 4) is 11.3 Å². The second-order valence-corrected chi connectivity index (χ2v) is 6.30. The number of aromatic nitrogens is 5. The standard InChI is InChI=1S/C14H12ClN3.C5H6N4O2/c1-2-10-8-13-16-9-12(15)18(13)17-14(10)11-6-4-3-5-7-11;6-3-2(5(10)11)4(7)9-1-8-3/h3-9H,2H2,1H3;1H,(H,10,11)(H4,6,7,8,9). The van der Waals surface area contributed by atoms with Crippen LogP contribution in [0.15, 0.2) is 48.9 Å². The summed E-state index contributed by atoms with van der Waals surface area (Å²) in [4.78, 5) is 21.6. The maximum Gasteiger partial charge on any atom is 0.343 e. The Morgan fingerprint density at radius 2 is 1.79 bits per heavy atom. The van der Waals surface area contributed by atoms with Crippen molar-refractivity contribution >= 4 is 34.9 Å². The summed E-state index contributed by atoms with van der Waals surface area (Å²) in [5.41, 5.74) is 14.2. The number of hydrogen-bond acceptors (Lipinski definition) is 7. The lowest BCUT2D eigenvalue weighted by Gasteiger charge is -2.08. The fraction of sp³-hybridized carbons (Fsp3) is 0.105. The van der Waals surface area contributed by atoms with E-state index in [0.29, 0.717) is 5.15 Å². The third-order valence-corrected chi connectivity index (χ3v) is 4.34. The van der Waals surface area contributed by atoms with E-state index in [-0.39, 0.29) is 17.2 Å². The third-order valence-electron chi connectivity index (χ3n) is 4.08. The first-order valence-corrected chi connectivity index (χ1v) is 8.98. The van der Waals surface area contributed by atoms with E-state index in [4.69, 9.17) is 28.2 Å². The van der Waals surface area contributed by atoms with Gasteiger partial charge in [-0.2, -0.15) is 5.10 Å². The zero-order valence-corrected chi connectivity index (χ0v) is 16.2. The van der Waals surface area contributed by atoms with Gasteiger partial charge in [0.15, 0.2) is 10.8 Å². The van der Waals surface area contributed by atoms with Gasteiger partial charge in [0.1, 0.15) is 23.5 Å². The van der Waals surface area contributed by atoms with Crippen LogP contribution in [0.1, 0.15) is 22.8 Å². The molecule has 0 aliphatic carbocycles. The molecule has 0 radical (unpaired) electrons. The van der Waals surface area contributed by atoms with Crippen LogP contribution in [-0.2, 0) is 6.42 Å². The molecule has 3 heterocycles. The average Bonchev–Trinajstić information content (AvgIpc) is 3.08. The molecule has 29 heavy (non-hydrogen) atoms. The molecule has 0 aliphatic heterocycles. The predicted octanol–water partition coefficient (Wildman–Crippen LogP) is 2.95. The van der Waals surface area contributed by atoms with Gasteiger partial charge in [-0.15, -0.1) is 0 Å². The molecule has 0 saturated heterocycles. The molecule has 0 atom stereocenters. The van der Waals surface area contributed by atoms with E-state index >= 15 is 0 Å². The fourth-order valence-corrected chi connectivity index (χ4v) is 2.84. The summed E-state index contributed by atoms with van der Waals surface area (Å²) in [6, 6.07) is 12.2. The highest BCUT2D eigenvalue weighted by Gasteiger charge is 2.13. The number of nitrogens with two attached hydrogens (primary N) is 2. The van der Waals surface area contributed by atoms with E-state index in [9.17, 15) is 4.79 Å². The van der Waals surface area contributed by atoms with Crippen molar-refractivity contribution < 1.29 is 9.90 Å². The highest BCUT2D eigenvalue weighted by Crippen LogP contribution is 2.24. The first kappa shape index (κ1) is 20.0. The summed E-state index contributed by atoms with van der Waals surface area (Å²) in [6.07, 6.45) is 3.65. The van der Waals surface area contributed by atoms with Crippen molar-refractivity contribution in [3.63, 3.8) is 0 Å². The summed E-state index contributed by atoms with van der Waals surface area (Å²) in [7, 11) is 0. The van der Waals surface area contributed by atoms with Gasteiger partial charge in [-0.1, -0.05) is 48.9 Å². The predicted molar refractivity (Wildman–Crippen MR) is 111 cm³/mol. The van der Waals surface area contributed by atoms with E-state index < -0.39 is 5.97 Å². The van der Waals surface area contributed by atoms with Crippen LogP contribution in [-0.4, -0.2) is 35.6 Å². The number of nitrogens with zero attached hydrogens (tertiary/aromatic N) is 5. The van der Waals surface area contributed by atoms with Gasteiger partial charge >= 0.3 is 5.97 Å². The fourth-order valence-electron chi connectivity index (χ4n) is 2.67. The van der Waals surface area contributed by atoms with Crippen LogP contribution in [0.3, 0.4) is 0 Å². The van der Waals surface area contributed by atoms with Crippen LogP contribution < -0.4 is 11.5 Å². The van der Waals surface area contributed by atoms with Crippen LogP contribution >= 0.6 is 11.6 Å². The van der Waals surface area contributed by atoms with Gasteiger partial charge in [0, 0.05) is 5.56 Å². The largest absolute Gasteiger partial charge is 0.477 e. The van der Waals surface area contributed by atoms with Crippen LogP contribution in [0.25, 0.3) is 16.9 Å². The van der Waals surface area contributed by atoms with Gasteiger partial charge in [-0.3, -0.25) is 0 Å². The van der Waals surface area contributed by atoms with Crippen LogP contribution in [0.5, 0.6) is 0 Å². The highest BCUT2D eigenvalue weighted by molar-refractivity contribution is 6.29. The number of aryl methyl sites for hydroxylation is 1. The first-order chi connectivity index (χ1) is 13.9. The molecule has 148 valence electrons. The Kier molecular flexibility index (Phi) is 5.89. The van der Waals surface area contributed by atoms with Crippen molar-refractivity contribution in [2.45, 2.75) is 13.3 Å². The Labute approximate surface area is 171 Å². The SMILES string of the molecule is CCc1cc2ncc(Cl)n2nc1-c1ccccc1.Nc1ncnc(N)c1C(=O)O. The molecule has 0 aliphatic rings. The topological polar surface area (TPSA) is 145 Å². The molecule has 0 saturated carbocycles. The second kappa shape index (κ2) is 8.53. The van der Waals surface area contributed by atoms with E-state index in [2.05, 4.69) is 39.1 Å². The Balaban J connectivity index is 0.000000188. The average molecular weight is 412 g/mol. The third kappa shape index (κ3) is 4.25. The summed E-state index contributed by atoms with van der Waals surface area (Å²) >= 11 is 6.07. The van der Waals surface area contributed by atoms with Crippen molar-refractivity contribution in [2.75, 3.05) is 11.5 Å². The molecule has 4 aromatic rings.